The molecule has 0 unspecified atom stereocenters. The van der Waals surface area contributed by atoms with Gasteiger partial charge in [-0.3, -0.25) is 4.72 Å². The van der Waals surface area contributed by atoms with Crippen LogP contribution >= 0.6 is 27.5 Å². The molecule has 0 atom stereocenters. The second-order valence-electron chi connectivity index (χ2n) is 4.80. The van der Waals surface area contributed by atoms with Crippen LogP contribution in [-0.4, -0.2) is 18.2 Å². The standard InChI is InChI=1S/C15H10BrClFN3O2S/c16-10-8-19-21(9-10)14-4-2-1-3-13(14)20-24(22,23)15-7-11(18)5-6-12(15)17/h1-9,20H. The van der Waals surface area contributed by atoms with Crippen LogP contribution in [0.4, 0.5) is 10.1 Å². The lowest BCUT2D eigenvalue weighted by Gasteiger charge is -2.13. The van der Waals surface area contributed by atoms with Gasteiger partial charge < -0.3 is 0 Å². The van der Waals surface area contributed by atoms with E-state index in [9.17, 15) is 12.8 Å². The number of rotatable bonds is 4. The fraction of sp³-hybridized carbons (Fsp3) is 0. The van der Waals surface area contributed by atoms with Gasteiger partial charge in [-0.25, -0.2) is 17.5 Å². The number of hydrogen-bond donors (Lipinski definition) is 1. The van der Waals surface area contributed by atoms with Crippen LogP contribution in [-0.2, 0) is 10.0 Å². The van der Waals surface area contributed by atoms with E-state index in [2.05, 4.69) is 25.8 Å². The van der Waals surface area contributed by atoms with Crippen LogP contribution in [0.15, 0.2) is 64.2 Å². The normalized spacial score (nSPS) is 11.5. The van der Waals surface area contributed by atoms with Crippen LogP contribution < -0.4 is 4.72 Å². The van der Waals surface area contributed by atoms with Crippen molar-refractivity contribution in [1.82, 2.24) is 9.78 Å². The molecule has 124 valence electrons. The number of sulfonamides is 1. The van der Waals surface area contributed by atoms with Crippen molar-refractivity contribution >= 4 is 43.2 Å². The van der Waals surface area contributed by atoms with Gasteiger partial charge in [0.1, 0.15) is 10.7 Å². The van der Waals surface area contributed by atoms with Crippen molar-refractivity contribution in [3.8, 4) is 5.69 Å². The van der Waals surface area contributed by atoms with Gasteiger partial charge in [-0.05, 0) is 46.3 Å². The molecule has 1 N–H and O–H groups in total. The number of nitrogens with one attached hydrogen (secondary N) is 1. The highest BCUT2D eigenvalue weighted by atomic mass is 79.9. The molecular formula is C15H10BrClFN3O2S. The van der Waals surface area contributed by atoms with Gasteiger partial charge in [0.05, 0.1) is 27.1 Å². The van der Waals surface area contributed by atoms with Gasteiger partial charge in [0.15, 0.2) is 0 Å². The Morgan fingerprint density at radius 2 is 1.96 bits per heavy atom. The maximum Gasteiger partial charge on any atom is 0.263 e. The summed E-state index contributed by atoms with van der Waals surface area (Å²) in [5, 5.41) is 4.06. The lowest BCUT2D eigenvalue weighted by molar-refractivity contribution is 0.595. The van der Waals surface area contributed by atoms with Gasteiger partial charge in [0, 0.05) is 6.20 Å². The van der Waals surface area contributed by atoms with Crippen molar-refractivity contribution in [1.29, 1.82) is 0 Å². The summed E-state index contributed by atoms with van der Waals surface area (Å²) < 4.78 is 43.2. The summed E-state index contributed by atoms with van der Waals surface area (Å²) >= 11 is 9.19. The van der Waals surface area contributed by atoms with E-state index >= 15 is 0 Å². The fourth-order valence-corrected chi connectivity index (χ4v) is 3.95. The molecule has 0 saturated heterocycles. The average Bonchev–Trinajstić information content (AvgIpc) is 2.96. The van der Waals surface area contributed by atoms with E-state index in [1.165, 1.54) is 10.7 Å². The zero-order chi connectivity index (χ0) is 17.3. The van der Waals surface area contributed by atoms with Crippen LogP contribution in [0.1, 0.15) is 0 Å². The molecule has 0 aliphatic rings. The molecule has 1 aromatic heterocycles. The molecule has 0 spiro atoms. The van der Waals surface area contributed by atoms with Crippen molar-refractivity contribution in [2.24, 2.45) is 0 Å². The van der Waals surface area contributed by atoms with Gasteiger partial charge in [-0.2, -0.15) is 5.10 Å². The molecule has 1 heterocycles. The van der Waals surface area contributed by atoms with Crippen molar-refractivity contribution in [2.45, 2.75) is 4.90 Å². The maximum atomic E-state index is 13.4. The zero-order valence-corrected chi connectivity index (χ0v) is 15.1. The van der Waals surface area contributed by atoms with E-state index in [1.54, 1.807) is 36.7 Å². The summed E-state index contributed by atoms with van der Waals surface area (Å²) in [4.78, 5) is -0.333. The quantitative estimate of drug-likeness (QED) is 0.674. The maximum absolute atomic E-state index is 13.4. The summed E-state index contributed by atoms with van der Waals surface area (Å²) in [6.07, 6.45) is 3.26. The van der Waals surface area contributed by atoms with Gasteiger partial charge in [-0.15, -0.1) is 0 Å². The number of anilines is 1. The Balaban J connectivity index is 2.04. The van der Waals surface area contributed by atoms with Crippen molar-refractivity contribution in [2.75, 3.05) is 4.72 Å². The molecule has 2 aromatic carbocycles. The van der Waals surface area contributed by atoms with Crippen LogP contribution in [0.25, 0.3) is 5.69 Å². The summed E-state index contributed by atoms with van der Waals surface area (Å²) in [7, 11) is -4.06. The molecule has 0 radical (unpaired) electrons. The Kier molecular flexibility index (Phi) is 4.62. The largest absolute Gasteiger partial charge is 0.277 e. The number of nitrogens with zero attached hydrogens (tertiary/aromatic N) is 2. The van der Waals surface area contributed by atoms with Crippen LogP contribution in [0.3, 0.4) is 0 Å². The van der Waals surface area contributed by atoms with Gasteiger partial charge in [0.2, 0.25) is 0 Å². The first-order valence-electron chi connectivity index (χ1n) is 6.64. The monoisotopic (exact) mass is 429 g/mol. The molecular weight excluding hydrogens is 421 g/mol. The molecule has 0 amide bonds. The molecule has 0 fully saturated rings. The second-order valence-corrected chi connectivity index (χ2v) is 7.77. The van der Waals surface area contributed by atoms with Gasteiger partial charge >= 0.3 is 0 Å². The number of para-hydroxylation sites is 2. The van der Waals surface area contributed by atoms with Crippen LogP contribution in [0.2, 0.25) is 5.02 Å². The molecule has 9 heteroatoms. The van der Waals surface area contributed by atoms with E-state index in [0.717, 1.165) is 16.6 Å². The Hall–Kier alpha value is -1.90. The van der Waals surface area contributed by atoms with E-state index in [1.807, 2.05) is 0 Å². The first-order chi connectivity index (χ1) is 11.4. The number of aromatic nitrogens is 2. The topological polar surface area (TPSA) is 64.0 Å². The third kappa shape index (κ3) is 3.45. The van der Waals surface area contributed by atoms with E-state index in [0.29, 0.717) is 5.69 Å². The van der Waals surface area contributed by atoms with Crippen molar-refractivity contribution in [3.05, 3.63) is 70.2 Å². The third-order valence-electron chi connectivity index (χ3n) is 3.13. The number of benzene rings is 2. The molecule has 0 bridgehead atoms. The van der Waals surface area contributed by atoms with Crippen molar-refractivity contribution in [3.63, 3.8) is 0 Å². The van der Waals surface area contributed by atoms with Gasteiger partial charge in [-0.1, -0.05) is 23.7 Å². The lowest BCUT2D eigenvalue weighted by Crippen LogP contribution is -2.15. The Bertz CT molecular complexity index is 1010. The highest BCUT2D eigenvalue weighted by molar-refractivity contribution is 9.10. The molecule has 3 rings (SSSR count). The molecule has 3 aromatic rings. The summed E-state index contributed by atoms with van der Waals surface area (Å²) in [5.41, 5.74) is 0.799. The zero-order valence-electron chi connectivity index (χ0n) is 11.9. The number of halogens is 3. The first kappa shape index (κ1) is 16.9. The minimum Gasteiger partial charge on any atom is -0.277 e. The minimum atomic E-state index is -4.06. The Labute approximate surface area is 151 Å². The summed E-state index contributed by atoms with van der Waals surface area (Å²) in [6.45, 7) is 0. The summed E-state index contributed by atoms with van der Waals surface area (Å²) in [6, 6.07) is 9.86. The molecule has 5 nitrogen and oxygen atoms in total. The first-order valence-corrected chi connectivity index (χ1v) is 9.30. The minimum absolute atomic E-state index is 0.0665. The van der Waals surface area contributed by atoms with E-state index < -0.39 is 15.8 Å². The SMILES string of the molecule is O=S(=O)(Nc1ccccc1-n1cc(Br)cn1)c1cc(F)ccc1Cl. The average molecular weight is 431 g/mol. The number of hydrogen-bond acceptors (Lipinski definition) is 3. The molecule has 0 aliphatic heterocycles. The Morgan fingerprint density at radius 1 is 1.21 bits per heavy atom. The Morgan fingerprint density at radius 3 is 2.67 bits per heavy atom. The predicted octanol–water partition coefficient (Wildman–Crippen LogP) is 4.23. The molecule has 0 aliphatic carbocycles. The van der Waals surface area contributed by atoms with Gasteiger partial charge in [0.25, 0.3) is 10.0 Å². The third-order valence-corrected chi connectivity index (χ3v) is 5.39. The highest BCUT2D eigenvalue weighted by Crippen LogP contribution is 2.27. The van der Waals surface area contributed by atoms with Crippen LogP contribution in [0.5, 0.6) is 0 Å². The van der Waals surface area contributed by atoms with Crippen molar-refractivity contribution < 1.29 is 12.8 Å². The molecule has 0 saturated carbocycles. The summed E-state index contributed by atoms with van der Waals surface area (Å²) in [5.74, 6) is -0.691. The smallest absolute Gasteiger partial charge is 0.263 e. The highest BCUT2D eigenvalue weighted by Gasteiger charge is 2.20. The molecule has 24 heavy (non-hydrogen) atoms. The van der Waals surface area contributed by atoms with Crippen LogP contribution in [0, 0.1) is 5.82 Å². The second kappa shape index (κ2) is 6.54. The van der Waals surface area contributed by atoms with E-state index in [4.69, 9.17) is 11.6 Å². The lowest BCUT2D eigenvalue weighted by atomic mass is 10.3. The predicted molar refractivity (Wildman–Crippen MR) is 93.5 cm³/mol. The van der Waals surface area contributed by atoms with E-state index in [-0.39, 0.29) is 15.6 Å². The fourth-order valence-electron chi connectivity index (χ4n) is 2.08.